The van der Waals surface area contributed by atoms with Crippen molar-refractivity contribution in [3.8, 4) is 0 Å². The molecule has 2 heterocycles. The molecule has 0 bridgehead atoms. The largest absolute Gasteiger partial charge is 0.348 e. The minimum Gasteiger partial charge on any atom is -0.348 e. The predicted octanol–water partition coefficient (Wildman–Crippen LogP) is 0.815. The third-order valence-electron chi connectivity index (χ3n) is 5.45. The van der Waals surface area contributed by atoms with E-state index < -0.39 is 0 Å². The second-order valence-corrected chi connectivity index (χ2v) is 8.89. The molecule has 3 aliphatic rings. The highest BCUT2D eigenvalue weighted by Gasteiger charge is 2.36. The van der Waals surface area contributed by atoms with Crippen LogP contribution in [0.3, 0.4) is 0 Å². The zero-order valence-electron chi connectivity index (χ0n) is 16.1. The minimum atomic E-state index is 0.108. The van der Waals surface area contributed by atoms with Crippen LogP contribution in [0, 0.1) is 0 Å². The van der Waals surface area contributed by atoms with Gasteiger partial charge in [0, 0.05) is 52.2 Å². The number of amides is 2. The van der Waals surface area contributed by atoms with Gasteiger partial charge in [0.25, 0.3) is 0 Å². The quantitative estimate of drug-likeness (QED) is 0.640. The second-order valence-electron chi connectivity index (χ2n) is 7.95. The van der Waals surface area contributed by atoms with Crippen LogP contribution in [-0.2, 0) is 9.59 Å². The lowest BCUT2D eigenvalue weighted by Crippen LogP contribution is -2.51. The minimum absolute atomic E-state index is 0.108. The highest BCUT2D eigenvalue weighted by atomic mass is 32.2. The van der Waals surface area contributed by atoms with Gasteiger partial charge in [0.1, 0.15) is 5.82 Å². The summed E-state index contributed by atoms with van der Waals surface area (Å²) >= 11 is 1.52. The highest BCUT2D eigenvalue weighted by Crippen LogP contribution is 2.45. The monoisotopic (exact) mass is 392 g/mol. The fourth-order valence-electron chi connectivity index (χ4n) is 3.39. The van der Waals surface area contributed by atoms with Crippen molar-refractivity contribution in [1.82, 2.24) is 29.5 Å². The van der Waals surface area contributed by atoms with Crippen molar-refractivity contribution >= 4 is 23.6 Å². The summed E-state index contributed by atoms with van der Waals surface area (Å²) in [6.45, 7) is 3.30. The molecule has 0 unspecified atom stereocenters. The predicted molar refractivity (Wildman–Crippen MR) is 103 cm³/mol. The molecule has 148 valence electrons. The molecule has 0 atom stereocenters. The molecule has 2 aliphatic carbocycles. The molecule has 9 heteroatoms. The number of hydrogen-bond acceptors (Lipinski definition) is 6. The maximum Gasteiger partial charge on any atom is 0.236 e. The highest BCUT2D eigenvalue weighted by molar-refractivity contribution is 7.99. The van der Waals surface area contributed by atoms with E-state index in [0.717, 1.165) is 24.1 Å². The van der Waals surface area contributed by atoms with E-state index in [-0.39, 0.29) is 11.8 Å². The molecule has 3 fully saturated rings. The van der Waals surface area contributed by atoms with Crippen LogP contribution in [0.25, 0.3) is 0 Å². The Morgan fingerprint density at radius 1 is 1.07 bits per heavy atom. The van der Waals surface area contributed by atoms with Crippen LogP contribution < -0.4 is 0 Å². The Labute approximate surface area is 164 Å². The van der Waals surface area contributed by atoms with Gasteiger partial charge < -0.3 is 14.4 Å². The van der Waals surface area contributed by atoms with Crippen molar-refractivity contribution < 1.29 is 9.59 Å². The van der Waals surface area contributed by atoms with Gasteiger partial charge >= 0.3 is 0 Å². The van der Waals surface area contributed by atoms with E-state index in [4.69, 9.17) is 0 Å². The number of likely N-dealkylation sites (N-methyl/N-ethyl adjacent to an activating group) is 1. The number of aromatic nitrogens is 3. The van der Waals surface area contributed by atoms with Crippen LogP contribution >= 0.6 is 11.8 Å². The van der Waals surface area contributed by atoms with E-state index >= 15 is 0 Å². The smallest absolute Gasteiger partial charge is 0.236 e. The number of rotatable bonds is 7. The van der Waals surface area contributed by atoms with Gasteiger partial charge in [0.05, 0.1) is 12.3 Å². The summed E-state index contributed by atoms with van der Waals surface area (Å²) in [5.41, 5.74) is 0. The molecule has 0 aromatic carbocycles. The molecule has 4 rings (SSSR count). The Balaban J connectivity index is 1.27. The summed E-state index contributed by atoms with van der Waals surface area (Å²) in [5, 5.41) is 9.68. The van der Waals surface area contributed by atoms with Crippen LogP contribution in [0.15, 0.2) is 5.16 Å². The Hall–Kier alpha value is -1.61. The molecule has 2 saturated carbocycles. The Morgan fingerprint density at radius 2 is 1.78 bits per heavy atom. The molecular formula is C18H28N6O2S. The zero-order valence-corrected chi connectivity index (χ0v) is 17.0. The molecule has 0 radical (unpaired) electrons. The van der Waals surface area contributed by atoms with E-state index in [1.807, 2.05) is 4.90 Å². The molecule has 1 saturated heterocycles. The number of carbonyl (C=O) groups is 2. The molecule has 2 amide bonds. The molecule has 0 N–H and O–H groups in total. The number of thioether (sulfide) groups is 1. The number of nitrogens with zero attached hydrogens (tertiary/aromatic N) is 6. The van der Waals surface area contributed by atoms with Crippen LogP contribution in [0.4, 0.5) is 0 Å². The Bertz CT molecular complexity index is 705. The van der Waals surface area contributed by atoms with E-state index in [2.05, 4.69) is 19.7 Å². The SMILES string of the molecule is CN(C)C(=O)CN1CCN(C(=O)CSc2nnc(C3CC3)n2C2CC2)CC1. The third-order valence-corrected chi connectivity index (χ3v) is 6.38. The summed E-state index contributed by atoms with van der Waals surface area (Å²) in [6.07, 6.45) is 4.84. The molecule has 27 heavy (non-hydrogen) atoms. The molecule has 8 nitrogen and oxygen atoms in total. The maximum atomic E-state index is 12.6. The first kappa shape index (κ1) is 18.7. The normalized spacial score (nSPS) is 20.7. The summed E-state index contributed by atoms with van der Waals surface area (Å²) in [7, 11) is 3.54. The zero-order chi connectivity index (χ0) is 19.0. The van der Waals surface area contributed by atoms with Gasteiger partial charge in [-0.15, -0.1) is 10.2 Å². The van der Waals surface area contributed by atoms with Gasteiger partial charge in [-0.2, -0.15) is 0 Å². The topological polar surface area (TPSA) is 74.6 Å². The number of piperazine rings is 1. The first-order valence-corrected chi connectivity index (χ1v) is 10.8. The third kappa shape index (κ3) is 4.45. The maximum absolute atomic E-state index is 12.6. The van der Waals surface area contributed by atoms with Gasteiger partial charge in [-0.3, -0.25) is 14.5 Å². The fraction of sp³-hybridized carbons (Fsp3) is 0.778. The van der Waals surface area contributed by atoms with Crippen molar-refractivity contribution in [1.29, 1.82) is 0 Å². The van der Waals surface area contributed by atoms with Gasteiger partial charge in [-0.1, -0.05) is 11.8 Å². The van der Waals surface area contributed by atoms with Crippen molar-refractivity contribution in [2.45, 2.75) is 42.8 Å². The summed E-state index contributed by atoms with van der Waals surface area (Å²) in [6, 6.07) is 0.547. The van der Waals surface area contributed by atoms with E-state index in [1.54, 1.807) is 19.0 Å². The molecule has 1 aromatic heterocycles. The summed E-state index contributed by atoms with van der Waals surface area (Å²) < 4.78 is 2.29. The van der Waals surface area contributed by atoms with E-state index in [9.17, 15) is 9.59 Å². The van der Waals surface area contributed by atoms with Crippen molar-refractivity contribution in [3.05, 3.63) is 5.82 Å². The summed E-state index contributed by atoms with van der Waals surface area (Å²) in [4.78, 5) is 30.1. The summed E-state index contributed by atoms with van der Waals surface area (Å²) in [5.74, 6) is 2.38. The fourth-order valence-corrected chi connectivity index (χ4v) is 4.30. The van der Waals surface area contributed by atoms with Crippen LogP contribution in [0.2, 0.25) is 0 Å². The van der Waals surface area contributed by atoms with E-state index in [0.29, 0.717) is 37.3 Å². The van der Waals surface area contributed by atoms with Crippen LogP contribution in [0.5, 0.6) is 0 Å². The molecule has 1 aliphatic heterocycles. The van der Waals surface area contributed by atoms with Crippen LogP contribution in [0.1, 0.15) is 43.5 Å². The van der Waals surface area contributed by atoms with Gasteiger partial charge in [-0.05, 0) is 25.7 Å². The Morgan fingerprint density at radius 3 is 2.37 bits per heavy atom. The lowest BCUT2D eigenvalue weighted by molar-refractivity contribution is -0.132. The van der Waals surface area contributed by atoms with Crippen LogP contribution in [-0.4, -0.2) is 93.9 Å². The second kappa shape index (κ2) is 7.79. The number of hydrogen-bond donors (Lipinski definition) is 0. The molecule has 1 aromatic rings. The van der Waals surface area contributed by atoms with E-state index in [1.165, 1.54) is 37.4 Å². The molecular weight excluding hydrogens is 364 g/mol. The lowest BCUT2D eigenvalue weighted by Gasteiger charge is -2.34. The standard InChI is InChI=1S/C18H28N6O2S/c1-21(2)15(25)11-22-7-9-23(10-8-22)16(26)12-27-18-20-19-17(13-3-4-13)24(18)14-5-6-14/h13-14H,3-12H2,1-2H3. The van der Waals surface area contributed by atoms with Gasteiger partial charge in [0.15, 0.2) is 5.16 Å². The average molecular weight is 393 g/mol. The molecule has 0 spiro atoms. The van der Waals surface area contributed by atoms with Crippen molar-refractivity contribution in [3.63, 3.8) is 0 Å². The number of carbonyl (C=O) groups excluding carboxylic acids is 2. The first-order valence-electron chi connectivity index (χ1n) is 9.81. The van der Waals surface area contributed by atoms with Gasteiger partial charge in [-0.25, -0.2) is 0 Å². The van der Waals surface area contributed by atoms with Crippen molar-refractivity contribution in [2.75, 3.05) is 52.6 Å². The Kier molecular flexibility index (Phi) is 5.41. The lowest BCUT2D eigenvalue weighted by atomic mass is 10.3. The average Bonchev–Trinajstić information content (AvgIpc) is 3.59. The van der Waals surface area contributed by atoms with Gasteiger partial charge in [0.2, 0.25) is 11.8 Å². The first-order chi connectivity index (χ1) is 13.0. The van der Waals surface area contributed by atoms with Crippen molar-refractivity contribution in [2.24, 2.45) is 0 Å².